The predicted octanol–water partition coefficient (Wildman–Crippen LogP) is 3.88. The summed E-state index contributed by atoms with van der Waals surface area (Å²) in [5.74, 6) is -4.96. The standard InChI is InChI=1S/C22H20F3N3O5S/c1-27(19-3-2-4-20-16(19)11-26-28(20)12-21(29)30)34(31,32)15-9-17(24)22(18(25)10-15)33-14-7-5-13(23)6-8-14/h5-11,19H,2-4,12H2,1H3,(H,29,30). The molecule has 0 bridgehead atoms. The molecule has 0 saturated carbocycles. The lowest BCUT2D eigenvalue weighted by Crippen LogP contribution is -2.33. The Hall–Kier alpha value is -3.38. The summed E-state index contributed by atoms with van der Waals surface area (Å²) in [6.07, 6.45) is 2.97. The number of benzene rings is 2. The van der Waals surface area contributed by atoms with Crippen molar-refractivity contribution in [2.45, 2.75) is 36.7 Å². The van der Waals surface area contributed by atoms with Crippen LogP contribution >= 0.6 is 0 Å². The van der Waals surface area contributed by atoms with Gasteiger partial charge in [-0.05, 0) is 55.7 Å². The molecular formula is C22H20F3N3O5S. The van der Waals surface area contributed by atoms with Crippen LogP contribution in [0, 0.1) is 17.5 Å². The Morgan fingerprint density at radius 1 is 1.21 bits per heavy atom. The van der Waals surface area contributed by atoms with E-state index in [1.54, 1.807) is 0 Å². The highest BCUT2D eigenvalue weighted by Crippen LogP contribution is 2.38. The molecule has 1 heterocycles. The van der Waals surface area contributed by atoms with Crippen LogP contribution in [0.4, 0.5) is 13.2 Å². The first-order valence-electron chi connectivity index (χ1n) is 10.2. The van der Waals surface area contributed by atoms with Crippen molar-refractivity contribution in [3.8, 4) is 11.5 Å². The number of rotatable bonds is 7. The van der Waals surface area contributed by atoms with Gasteiger partial charge in [0.15, 0.2) is 17.4 Å². The Morgan fingerprint density at radius 3 is 2.47 bits per heavy atom. The number of carboxylic acid groups (broad SMARTS) is 1. The first-order chi connectivity index (χ1) is 16.1. The molecule has 0 saturated heterocycles. The molecule has 2 aromatic carbocycles. The van der Waals surface area contributed by atoms with Crippen molar-refractivity contribution < 1.29 is 36.2 Å². The van der Waals surface area contributed by atoms with Crippen LogP contribution in [0.1, 0.15) is 30.1 Å². The van der Waals surface area contributed by atoms with Gasteiger partial charge in [-0.3, -0.25) is 9.48 Å². The van der Waals surface area contributed by atoms with Crippen LogP contribution in [0.3, 0.4) is 0 Å². The molecule has 12 heteroatoms. The molecule has 0 amide bonds. The van der Waals surface area contributed by atoms with E-state index in [9.17, 15) is 26.4 Å². The number of nitrogens with zero attached hydrogens (tertiary/aromatic N) is 3. The largest absolute Gasteiger partial charge is 0.480 e. The molecule has 0 radical (unpaired) electrons. The molecule has 1 aliphatic carbocycles. The highest BCUT2D eigenvalue weighted by atomic mass is 32.2. The summed E-state index contributed by atoms with van der Waals surface area (Å²) in [4.78, 5) is 10.5. The van der Waals surface area contributed by atoms with Crippen molar-refractivity contribution in [1.29, 1.82) is 0 Å². The number of hydrogen-bond acceptors (Lipinski definition) is 5. The second kappa shape index (κ2) is 9.11. The number of aromatic nitrogens is 2. The number of carbonyl (C=O) groups is 1. The van der Waals surface area contributed by atoms with Gasteiger partial charge in [-0.15, -0.1) is 0 Å². The Bertz CT molecular complexity index is 1320. The zero-order chi connectivity index (χ0) is 24.6. The maximum absolute atomic E-state index is 14.7. The van der Waals surface area contributed by atoms with Crippen molar-refractivity contribution in [3.63, 3.8) is 0 Å². The first kappa shape index (κ1) is 23.8. The molecule has 3 aromatic rings. The normalized spacial score (nSPS) is 15.9. The summed E-state index contributed by atoms with van der Waals surface area (Å²) < 4.78 is 76.3. The zero-order valence-corrected chi connectivity index (χ0v) is 18.7. The summed E-state index contributed by atoms with van der Waals surface area (Å²) in [5.41, 5.74) is 1.16. The molecule has 1 aromatic heterocycles. The smallest absolute Gasteiger partial charge is 0.325 e. The van der Waals surface area contributed by atoms with Crippen LogP contribution in [0.25, 0.3) is 0 Å². The average Bonchev–Trinajstić information content (AvgIpc) is 3.19. The molecule has 1 atom stereocenters. The predicted molar refractivity (Wildman–Crippen MR) is 113 cm³/mol. The Balaban J connectivity index is 1.63. The number of carboxylic acids is 1. The van der Waals surface area contributed by atoms with Crippen molar-refractivity contribution in [2.75, 3.05) is 7.05 Å². The lowest BCUT2D eigenvalue weighted by molar-refractivity contribution is -0.137. The van der Waals surface area contributed by atoms with E-state index in [2.05, 4.69) is 5.10 Å². The summed E-state index contributed by atoms with van der Waals surface area (Å²) in [5, 5.41) is 13.1. The molecular weight excluding hydrogens is 475 g/mol. The lowest BCUT2D eigenvalue weighted by Gasteiger charge is -2.31. The van der Waals surface area contributed by atoms with Gasteiger partial charge in [0.1, 0.15) is 18.1 Å². The minimum absolute atomic E-state index is 0.0277. The van der Waals surface area contributed by atoms with Gasteiger partial charge in [-0.25, -0.2) is 21.6 Å². The van der Waals surface area contributed by atoms with E-state index >= 15 is 0 Å². The van der Waals surface area contributed by atoms with Gasteiger partial charge < -0.3 is 9.84 Å². The van der Waals surface area contributed by atoms with Gasteiger partial charge in [-0.2, -0.15) is 9.40 Å². The number of ether oxygens (including phenoxy) is 1. The van der Waals surface area contributed by atoms with E-state index in [4.69, 9.17) is 9.84 Å². The Labute approximate surface area is 193 Å². The van der Waals surface area contributed by atoms with Gasteiger partial charge in [0.05, 0.1) is 17.1 Å². The van der Waals surface area contributed by atoms with Gasteiger partial charge in [0, 0.05) is 18.3 Å². The van der Waals surface area contributed by atoms with Gasteiger partial charge in [0.2, 0.25) is 10.0 Å². The first-order valence-corrected chi connectivity index (χ1v) is 11.7. The summed E-state index contributed by atoms with van der Waals surface area (Å²) in [6.45, 7) is -0.357. The van der Waals surface area contributed by atoms with Crippen molar-refractivity contribution >= 4 is 16.0 Å². The molecule has 4 rings (SSSR count). The average molecular weight is 495 g/mol. The van der Waals surface area contributed by atoms with Crippen LogP contribution in [0.2, 0.25) is 0 Å². The summed E-state index contributed by atoms with van der Waals surface area (Å²) in [6, 6.07) is 5.09. The SMILES string of the molecule is CN(C1CCCc2c1cnn2CC(=O)O)S(=O)(=O)c1cc(F)c(Oc2ccc(F)cc2)c(F)c1. The third-order valence-electron chi connectivity index (χ3n) is 5.64. The highest BCUT2D eigenvalue weighted by Gasteiger charge is 2.35. The molecule has 180 valence electrons. The fourth-order valence-corrected chi connectivity index (χ4v) is 5.37. The number of hydrogen-bond donors (Lipinski definition) is 1. The molecule has 1 aliphatic rings. The second-order valence-corrected chi connectivity index (χ2v) is 9.80. The molecule has 1 unspecified atom stereocenters. The number of sulfonamides is 1. The number of fused-ring (bicyclic) bond motifs is 1. The van der Waals surface area contributed by atoms with E-state index in [0.717, 1.165) is 16.4 Å². The Kier molecular flexibility index (Phi) is 6.36. The van der Waals surface area contributed by atoms with Crippen molar-refractivity contribution in [1.82, 2.24) is 14.1 Å². The van der Waals surface area contributed by atoms with Gasteiger partial charge in [0.25, 0.3) is 0 Å². The molecule has 8 nitrogen and oxygen atoms in total. The maximum atomic E-state index is 14.7. The van der Waals surface area contributed by atoms with Crippen molar-refractivity contribution in [2.24, 2.45) is 0 Å². The second-order valence-electron chi connectivity index (χ2n) is 7.80. The van der Waals surface area contributed by atoms with Gasteiger partial charge in [-0.1, -0.05) is 0 Å². The quantitative estimate of drug-likeness (QED) is 0.534. The summed E-state index contributed by atoms with van der Waals surface area (Å²) in [7, 11) is -3.05. The van der Waals surface area contributed by atoms with Crippen molar-refractivity contribution in [3.05, 3.63) is 71.3 Å². The van der Waals surface area contributed by atoms with Crippen LogP contribution in [-0.2, 0) is 27.8 Å². The molecule has 1 N–H and O–H groups in total. The fraction of sp³-hybridized carbons (Fsp3) is 0.273. The van der Waals surface area contributed by atoms with E-state index in [-0.39, 0.29) is 12.3 Å². The summed E-state index contributed by atoms with van der Waals surface area (Å²) >= 11 is 0. The fourth-order valence-electron chi connectivity index (χ4n) is 3.97. The molecule has 0 spiro atoms. The van der Waals surface area contributed by atoms with Crippen LogP contribution < -0.4 is 4.74 Å². The topological polar surface area (TPSA) is 102 Å². The van der Waals surface area contributed by atoms with E-state index in [1.165, 1.54) is 30.1 Å². The highest BCUT2D eigenvalue weighted by molar-refractivity contribution is 7.89. The lowest BCUT2D eigenvalue weighted by atomic mass is 9.93. The third kappa shape index (κ3) is 4.50. The number of halogens is 3. The molecule has 34 heavy (non-hydrogen) atoms. The zero-order valence-electron chi connectivity index (χ0n) is 17.9. The van der Waals surface area contributed by atoms with Crippen LogP contribution in [0.5, 0.6) is 11.5 Å². The van der Waals surface area contributed by atoms with Crippen LogP contribution in [-0.4, -0.2) is 40.6 Å². The third-order valence-corrected chi connectivity index (χ3v) is 7.48. The molecule has 0 fully saturated rings. The van der Waals surface area contributed by atoms with E-state index in [1.807, 2.05) is 0 Å². The minimum atomic E-state index is -4.34. The Morgan fingerprint density at radius 2 is 1.85 bits per heavy atom. The van der Waals surface area contributed by atoms with Gasteiger partial charge >= 0.3 is 5.97 Å². The minimum Gasteiger partial charge on any atom is -0.480 e. The monoisotopic (exact) mass is 495 g/mol. The molecule has 0 aliphatic heterocycles. The van der Waals surface area contributed by atoms with E-state index < -0.39 is 50.1 Å². The maximum Gasteiger partial charge on any atom is 0.325 e. The van der Waals surface area contributed by atoms with Crippen LogP contribution in [0.15, 0.2) is 47.5 Å². The van der Waals surface area contributed by atoms with E-state index in [0.29, 0.717) is 42.7 Å². The number of aliphatic carboxylic acids is 1.